The first-order valence-electron chi connectivity index (χ1n) is 11.7. The highest BCUT2D eigenvalue weighted by Gasteiger charge is 2.38. The SMILES string of the molecule is CCC1C(=O)CCC(n2c(=O)n(C)c3cc(C4=CN(CC(=O)OC)CCC(C)=C4)ccc32)C1=O. The molecular formula is C26H31N3O5. The van der Waals surface area contributed by atoms with Crippen molar-refractivity contribution in [1.29, 1.82) is 0 Å². The number of hydrogen-bond donors (Lipinski definition) is 0. The third-order valence-electron chi connectivity index (χ3n) is 6.94. The highest BCUT2D eigenvalue weighted by Crippen LogP contribution is 2.32. The summed E-state index contributed by atoms with van der Waals surface area (Å²) in [5.41, 5.74) is 4.17. The molecule has 2 atom stereocenters. The third-order valence-corrected chi connectivity index (χ3v) is 6.94. The number of esters is 1. The normalized spacial score (nSPS) is 21.4. The lowest BCUT2D eigenvalue weighted by Crippen LogP contribution is -2.40. The van der Waals surface area contributed by atoms with Gasteiger partial charge in [-0.05, 0) is 49.5 Å². The maximum Gasteiger partial charge on any atom is 0.329 e. The number of Topliss-reactive ketones (excluding diaryl/α,β-unsaturated/α-hetero) is 2. The first kappa shape index (κ1) is 23.7. The number of fused-ring (bicyclic) bond motifs is 1. The van der Waals surface area contributed by atoms with Gasteiger partial charge < -0.3 is 9.64 Å². The van der Waals surface area contributed by atoms with E-state index in [1.165, 1.54) is 12.7 Å². The first-order valence-corrected chi connectivity index (χ1v) is 11.7. The van der Waals surface area contributed by atoms with Gasteiger partial charge in [0.05, 0.1) is 30.1 Å². The Balaban J connectivity index is 1.77. The summed E-state index contributed by atoms with van der Waals surface area (Å²) in [5, 5.41) is 0. The predicted octanol–water partition coefficient (Wildman–Crippen LogP) is 3.01. The molecule has 180 valence electrons. The molecule has 2 aliphatic rings. The molecule has 1 fully saturated rings. The number of imidazole rings is 1. The molecule has 1 aromatic carbocycles. The number of ketones is 2. The second kappa shape index (κ2) is 9.44. The molecule has 1 saturated carbocycles. The number of rotatable bonds is 5. The summed E-state index contributed by atoms with van der Waals surface area (Å²) in [6.07, 6.45) is 5.99. The van der Waals surface area contributed by atoms with Crippen molar-refractivity contribution in [2.75, 3.05) is 20.2 Å². The van der Waals surface area contributed by atoms with Crippen LogP contribution in [0.4, 0.5) is 0 Å². The Bertz CT molecular complexity index is 1280. The van der Waals surface area contributed by atoms with Crippen LogP contribution >= 0.6 is 0 Å². The number of ether oxygens (including phenoxy) is 1. The minimum absolute atomic E-state index is 0.0294. The monoisotopic (exact) mass is 465 g/mol. The van der Waals surface area contributed by atoms with E-state index in [0.717, 1.165) is 23.1 Å². The van der Waals surface area contributed by atoms with Crippen molar-refractivity contribution in [3.8, 4) is 0 Å². The fourth-order valence-electron chi connectivity index (χ4n) is 4.98. The molecule has 2 heterocycles. The van der Waals surface area contributed by atoms with E-state index in [1.807, 2.05) is 36.2 Å². The van der Waals surface area contributed by atoms with Crippen LogP contribution in [0.25, 0.3) is 16.6 Å². The minimum atomic E-state index is -0.634. The molecule has 0 amide bonds. The molecule has 2 aromatic rings. The van der Waals surface area contributed by atoms with Gasteiger partial charge >= 0.3 is 11.7 Å². The summed E-state index contributed by atoms with van der Waals surface area (Å²) in [5.74, 6) is -1.13. The van der Waals surface area contributed by atoms with Crippen LogP contribution in [0.2, 0.25) is 0 Å². The smallest absolute Gasteiger partial charge is 0.329 e. The van der Waals surface area contributed by atoms with Crippen molar-refractivity contribution in [3.05, 3.63) is 52.1 Å². The van der Waals surface area contributed by atoms with Crippen LogP contribution < -0.4 is 5.69 Å². The molecule has 0 spiro atoms. The molecule has 0 radical (unpaired) electrons. The van der Waals surface area contributed by atoms with Gasteiger partial charge in [-0.25, -0.2) is 4.79 Å². The van der Waals surface area contributed by atoms with E-state index in [1.54, 1.807) is 16.2 Å². The van der Waals surface area contributed by atoms with E-state index in [-0.39, 0.29) is 29.8 Å². The Morgan fingerprint density at radius 2 is 1.91 bits per heavy atom. The van der Waals surface area contributed by atoms with Crippen molar-refractivity contribution in [1.82, 2.24) is 14.0 Å². The minimum Gasteiger partial charge on any atom is -0.468 e. The molecular weight excluding hydrogens is 434 g/mol. The molecule has 34 heavy (non-hydrogen) atoms. The van der Waals surface area contributed by atoms with Crippen molar-refractivity contribution >= 4 is 34.1 Å². The molecule has 4 rings (SSSR count). The quantitative estimate of drug-likeness (QED) is 0.498. The fraction of sp³-hybridized carbons (Fsp3) is 0.462. The summed E-state index contributed by atoms with van der Waals surface area (Å²) in [4.78, 5) is 52.2. The van der Waals surface area contributed by atoms with Gasteiger partial charge in [0, 0.05) is 26.2 Å². The molecule has 8 nitrogen and oxygen atoms in total. The average Bonchev–Trinajstić information content (AvgIpc) is 2.94. The highest BCUT2D eigenvalue weighted by atomic mass is 16.5. The van der Waals surface area contributed by atoms with Crippen LogP contribution in [-0.4, -0.2) is 51.8 Å². The fourth-order valence-corrected chi connectivity index (χ4v) is 4.98. The van der Waals surface area contributed by atoms with E-state index in [2.05, 4.69) is 13.0 Å². The molecule has 2 unspecified atom stereocenters. The average molecular weight is 466 g/mol. The van der Waals surface area contributed by atoms with Gasteiger partial charge in [-0.2, -0.15) is 0 Å². The zero-order chi connectivity index (χ0) is 24.6. The largest absolute Gasteiger partial charge is 0.468 e. The van der Waals surface area contributed by atoms with Gasteiger partial charge in [-0.3, -0.25) is 23.5 Å². The molecule has 0 bridgehead atoms. The van der Waals surface area contributed by atoms with Gasteiger partial charge in [0.2, 0.25) is 0 Å². The molecule has 1 aromatic heterocycles. The van der Waals surface area contributed by atoms with Gasteiger partial charge in [-0.1, -0.05) is 24.6 Å². The van der Waals surface area contributed by atoms with Crippen LogP contribution in [0.5, 0.6) is 0 Å². The Kier molecular flexibility index (Phi) is 6.59. The lowest BCUT2D eigenvalue weighted by atomic mass is 9.81. The van der Waals surface area contributed by atoms with Gasteiger partial charge in [0.1, 0.15) is 12.3 Å². The molecule has 1 aliphatic heterocycles. The maximum atomic E-state index is 13.2. The van der Waals surface area contributed by atoms with E-state index < -0.39 is 12.0 Å². The number of aryl methyl sites for hydroxylation is 1. The predicted molar refractivity (Wildman–Crippen MR) is 129 cm³/mol. The lowest BCUT2D eigenvalue weighted by molar-refractivity contribution is -0.141. The maximum absolute atomic E-state index is 13.2. The standard InChI is InChI=1S/C26H31N3O5/c1-5-19-23(30)9-8-21(25(19)32)29-20-7-6-17(13-22(20)27(3)26(29)33)18-12-16(2)10-11-28(14-18)15-24(31)34-4/h6-7,12-14,19,21H,5,8-11,15H2,1-4H3. The second-order valence-corrected chi connectivity index (χ2v) is 9.17. The number of benzene rings is 1. The number of carbonyl (C=O) groups excluding carboxylic acids is 3. The van der Waals surface area contributed by atoms with Gasteiger partial charge in [-0.15, -0.1) is 0 Å². The van der Waals surface area contributed by atoms with E-state index in [4.69, 9.17) is 4.74 Å². The Morgan fingerprint density at radius 3 is 2.62 bits per heavy atom. The highest BCUT2D eigenvalue weighted by molar-refractivity contribution is 6.06. The topological polar surface area (TPSA) is 90.6 Å². The van der Waals surface area contributed by atoms with Crippen LogP contribution in [0.15, 0.2) is 40.8 Å². The third kappa shape index (κ3) is 4.24. The van der Waals surface area contributed by atoms with Crippen LogP contribution in [0.1, 0.15) is 51.1 Å². The summed E-state index contributed by atoms with van der Waals surface area (Å²) in [6, 6.07) is 5.13. The van der Waals surface area contributed by atoms with Crippen molar-refractivity contribution in [2.24, 2.45) is 13.0 Å². The summed E-state index contributed by atoms with van der Waals surface area (Å²) in [6.45, 7) is 4.76. The van der Waals surface area contributed by atoms with E-state index >= 15 is 0 Å². The molecule has 0 saturated heterocycles. The van der Waals surface area contributed by atoms with Crippen molar-refractivity contribution in [2.45, 2.75) is 45.6 Å². The van der Waals surface area contributed by atoms with Crippen LogP contribution in [0, 0.1) is 5.92 Å². The molecule has 8 heteroatoms. The van der Waals surface area contributed by atoms with Crippen molar-refractivity contribution in [3.63, 3.8) is 0 Å². The molecule has 0 N–H and O–H groups in total. The number of carbonyl (C=O) groups is 3. The number of hydrogen-bond acceptors (Lipinski definition) is 6. The van der Waals surface area contributed by atoms with E-state index in [0.29, 0.717) is 31.3 Å². The summed E-state index contributed by atoms with van der Waals surface area (Å²) < 4.78 is 7.94. The van der Waals surface area contributed by atoms with Crippen LogP contribution in [-0.2, 0) is 26.2 Å². The lowest BCUT2D eigenvalue weighted by Gasteiger charge is -2.27. The Labute approximate surface area is 198 Å². The molecule has 1 aliphatic carbocycles. The zero-order valence-electron chi connectivity index (χ0n) is 20.2. The van der Waals surface area contributed by atoms with Gasteiger partial charge in [0.25, 0.3) is 0 Å². The van der Waals surface area contributed by atoms with E-state index in [9.17, 15) is 19.2 Å². The number of aromatic nitrogens is 2. The summed E-state index contributed by atoms with van der Waals surface area (Å²) in [7, 11) is 3.08. The summed E-state index contributed by atoms with van der Waals surface area (Å²) >= 11 is 0. The first-order chi connectivity index (χ1) is 16.2. The van der Waals surface area contributed by atoms with Crippen molar-refractivity contribution < 1.29 is 19.1 Å². The Morgan fingerprint density at radius 1 is 1.15 bits per heavy atom. The van der Waals surface area contributed by atoms with Crippen LogP contribution in [0.3, 0.4) is 0 Å². The number of allylic oxidation sites excluding steroid dienone is 2. The van der Waals surface area contributed by atoms with Gasteiger partial charge in [0.15, 0.2) is 5.78 Å². The number of methoxy groups -OCH3 is 1. The number of nitrogens with zero attached hydrogens (tertiary/aromatic N) is 3. The second-order valence-electron chi connectivity index (χ2n) is 9.17. The zero-order valence-corrected chi connectivity index (χ0v) is 20.2. The Hall–Kier alpha value is -3.42.